The first-order valence-electron chi connectivity index (χ1n) is 5.74. The highest BCUT2D eigenvalue weighted by Gasteiger charge is 2.13. The van der Waals surface area contributed by atoms with Gasteiger partial charge in [-0.05, 0) is 0 Å². The predicted molar refractivity (Wildman–Crippen MR) is 70.3 cm³/mol. The third kappa shape index (κ3) is 1.38. The molecule has 0 aliphatic rings. The van der Waals surface area contributed by atoms with Gasteiger partial charge in [-0.1, -0.05) is 30.3 Å². The fraction of sp³-hybridized carbons (Fsp3) is 0. The molecule has 7 nitrogen and oxygen atoms in total. The molecular formula is C12H9N7. The molecule has 0 spiro atoms. The van der Waals surface area contributed by atoms with E-state index < -0.39 is 0 Å². The minimum atomic E-state index is 0.268. The van der Waals surface area contributed by atoms with Crippen LogP contribution in [0.15, 0.2) is 36.7 Å². The van der Waals surface area contributed by atoms with Gasteiger partial charge in [0.15, 0.2) is 17.1 Å². The van der Waals surface area contributed by atoms with E-state index in [-0.39, 0.29) is 5.95 Å². The van der Waals surface area contributed by atoms with Crippen molar-refractivity contribution >= 4 is 22.8 Å². The lowest BCUT2D eigenvalue weighted by Crippen LogP contribution is -2.02. The van der Waals surface area contributed by atoms with Gasteiger partial charge in [-0.2, -0.15) is 9.50 Å². The molecule has 0 unspecified atom stereocenters. The number of imidazole rings is 1. The summed E-state index contributed by atoms with van der Waals surface area (Å²) in [7, 11) is 0. The first kappa shape index (κ1) is 10.0. The van der Waals surface area contributed by atoms with Crippen LogP contribution in [0.4, 0.5) is 5.95 Å². The van der Waals surface area contributed by atoms with Crippen molar-refractivity contribution in [3.63, 3.8) is 0 Å². The number of fused-ring (bicyclic) bond motifs is 3. The normalized spacial score (nSPS) is 11.4. The van der Waals surface area contributed by atoms with E-state index in [1.165, 1.54) is 4.52 Å². The van der Waals surface area contributed by atoms with E-state index in [1.54, 1.807) is 6.33 Å². The molecule has 0 aliphatic heterocycles. The average molecular weight is 251 g/mol. The zero-order valence-electron chi connectivity index (χ0n) is 9.78. The summed E-state index contributed by atoms with van der Waals surface area (Å²) in [6.45, 7) is 0. The summed E-state index contributed by atoms with van der Waals surface area (Å²) >= 11 is 0. The smallest absolute Gasteiger partial charge is 0.225 e. The summed E-state index contributed by atoms with van der Waals surface area (Å²) in [6, 6.07) is 9.72. The molecule has 19 heavy (non-hydrogen) atoms. The number of nitrogens with two attached hydrogens (primary N) is 1. The molecular weight excluding hydrogens is 242 g/mol. The Kier molecular flexibility index (Phi) is 1.85. The van der Waals surface area contributed by atoms with Crippen molar-refractivity contribution in [3.8, 4) is 11.4 Å². The number of nitrogens with zero attached hydrogens (tertiary/aromatic N) is 5. The number of hydrogen-bond acceptors (Lipinski definition) is 5. The maximum atomic E-state index is 5.87. The fourth-order valence-corrected chi connectivity index (χ4v) is 2.04. The topological polar surface area (TPSA) is 97.8 Å². The Morgan fingerprint density at radius 1 is 1.11 bits per heavy atom. The van der Waals surface area contributed by atoms with Crippen molar-refractivity contribution < 1.29 is 0 Å². The molecule has 1 aromatic carbocycles. The maximum Gasteiger partial charge on any atom is 0.225 e. The summed E-state index contributed by atoms with van der Waals surface area (Å²) in [5, 5.41) is 4.38. The highest BCUT2D eigenvalue weighted by molar-refractivity contribution is 5.86. The summed E-state index contributed by atoms with van der Waals surface area (Å²) in [5.74, 6) is 0.875. The second-order valence-corrected chi connectivity index (χ2v) is 4.11. The van der Waals surface area contributed by atoms with Gasteiger partial charge in [0.1, 0.15) is 5.52 Å². The van der Waals surface area contributed by atoms with Crippen LogP contribution in [-0.4, -0.2) is 29.5 Å². The molecule has 0 atom stereocenters. The first-order chi connectivity index (χ1) is 9.33. The van der Waals surface area contributed by atoms with E-state index in [0.29, 0.717) is 17.1 Å². The van der Waals surface area contributed by atoms with Crippen LogP contribution in [0.5, 0.6) is 0 Å². The van der Waals surface area contributed by atoms with Gasteiger partial charge in [0.05, 0.1) is 6.33 Å². The minimum Gasteiger partial charge on any atom is -0.368 e. The Hall–Kier alpha value is -2.96. The monoisotopic (exact) mass is 251 g/mol. The second kappa shape index (κ2) is 3.52. The molecule has 4 rings (SSSR count). The SMILES string of the molecule is Nc1nc2nc[nH]c2c2nc(-c3ccccc3)nn12. The van der Waals surface area contributed by atoms with Crippen LogP contribution < -0.4 is 5.73 Å². The van der Waals surface area contributed by atoms with Crippen molar-refractivity contribution in [2.75, 3.05) is 5.73 Å². The van der Waals surface area contributed by atoms with E-state index in [2.05, 4.69) is 25.0 Å². The molecule has 0 bridgehead atoms. The van der Waals surface area contributed by atoms with Gasteiger partial charge in [-0.25, -0.2) is 9.97 Å². The Morgan fingerprint density at radius 3 is 2.79 bits per heavy atom. The lowest BCUT2D eigenvalue weighted by atomic mass is 10.2. The van der Waals surface area contributed by atoms with E-state index in [1.807, 2.05) is 30.3 Å². The highest BCUT2D eigenvalue weighted by Crippen LogP contribution is 2.20. The molecule has 4 aromatic rings. The quantitative estimate of drug-likeness (QED) is 0.530. The largest absolute Gasteiger partial charge is 0.368 e. The molecule has 92 valence electrons. The van der Waals surface area contributed by atoms with Gasteiger partial charge < -0.3 is 10.7 Å². The van der Waals surface area contributed by atoms with Gasteiger partial charge >= 0.3 is 0 Å². The van der Waals surface area contributed by atoms with Crippen molar-refractivity contribution in [2.24, 2.45) is 0 Å². The number of H-pyrrole nitrogens is 1. The van der Waals surface area contributed by atoms with Gasteiger partial charge in [-0.3, -0.25) is 0 Å². The highest BCUT2D eigenvalue weighted by atomic mass is 15.4. The van der Waals surface area contributed by atoms with Crippen molar-refractivity contribution in [1.29, 1.82) is 0 Å². The van der Waals surface area contributed by atoms with E-state index in [9.17, 15) is 0 Å². The molecule has 0 radical (unpaired) electrons. The van der Waals surface area contributed by atoms with Crippen molar-refractivity contribution in [3.05, 3.63) is 36.7 Å². The summed E-state index contributed by atoms with van der Waals surface area (Å²) < 4.78 is 1.52. The molecule has 0 aliphatic carbocycles. The van der Waals surface area contributed by atoms with Crippen molar-refractivity contribution in [1.82, 2.24) is 29.5 Å². The third-order valence-electron chi connectivity index (χ3n) is 2.92. The minimum absolute atomic E-state index is 0.268. The number of anilines is 1. The lowest BCUT2D eigenvalue weighted by Gasteiger charge is -1.95. The number of nitrogens with one attached hydrogen (secondary N) is 1. The summed E-state index contributed by atoms with van der Waals surface area (Å²) in [6.07, 6.45) is 1.56. The van der Waals surface area contributed by atoms with Crippen molar-refractivity contribution in [2.45, 2.75) is 0 Å². The average Bonchev–Trinajstić information content (AvgIpc) is 3.05. The summed E-state index contributed by atoms with van der Waals surface area (Å²) in [4.78, 5) is 15.8. The van der Waals surface area contributed by atoms with Crippen LogP contribution in [-0.2, 0) is 0 Å². The number of benzene rings is 1. The molecule has 0 amide bonds. The maximum absolute atomic E-state index is 5.87. The molecule has 7 heteroatoms. The second-order valence-electron chi connectivity index (χ2n) is 4.11. The third-order valence-corrected chi connectivity index (χ3v) is 2.92. The van der Waals surface area contributed by atoms with Gasteiger partial charge in [-0.15, -0.1) is 5.10 Å². The van der Waals surface area contributed by atoms with Crippen LogP contribution >= 0.6 is 0 Å². The zero-order valence-corrected chi connectivity index (χ0v) is 9.78. The van der Waals surface area contributed by atoms with Crippen LogP contribution in [0.25, 0.3) is 28.2 Å². The number of nitrogen functional groups attached to an aromatic ring is 1. The number of hydrogen-bond donors (Lipinski definition) is 2. The zero-order chi connectivity index (χ0) is 12.8. The van der Waals surface area contributed by atoms with Crippen LogP contribution in [0.2, 0.25) is 0 Å². The predicted octanol–water partition coefficient (Wildman–Crippen LogP) is 1.25. The Bertz CT molecular complexity index is 875. The summed E-state index contributed by atoms with van der Waals surface area (Å²) in [5.41, 5.74) is 8.69. The Balaban J connectivity index is 2.08. The van der Waals surface area contributed by atoms with Crippen LogP contribution in [0.1, 0.15) is 0 Å². The van der Waals surface area contributed by atoms with Crippen LogP contribution in [0, 0.1) is 0 Å². The van der Waals surface area contributed by atoms with E-state index in [4.69, 9.17) is 5.73 Å². The van der Waals surface area contributed by atoms with Gasteiger partial charge in [0.2, 0.25) is 5.95 Å². The van der Waals surface area contributed by atoms with Crippen LogP contribution in [0.3, 0.4) is 0 Å². The fourth-order valence-electron chi connectivity index (χ4n) is 2.04. The number of aromatic amines is 1. The number of rotatable bonds is 1. The molecule has 3 N–H and O–H groups in total. The Morgan fingerprint density at radius 2 is 1.95 bits per heavy atom. The Labute approximate surface area is 107 Å². The molecule has 3 aromatic heterocycles. The van der Waals surface area contributed by atoms with E-state index >= 15 is 0 Å². The van der Waals surface area contributed by atoms with E-state index in [0.717, 1.165) is 11.1 Å². The molecule has 0 fully saturated rings. The number of aromatic nitrogens is 6. The first-order valence-corrected chi connectivity index (χ1v) is 5.74. The molecule has 0 saturated carbocycles. The standard InChI is InChI=1S/C12H9N7/c13-12-17-10-8(14-6-15-10)11-16-9(18-19(11)12)7-4-2-1-3-5-7/h1-6H,(H2,13,17)(H,14,15). The molecule has 0 saturated heterocycles. The van der Waals surface area contributed by atoms with Gasteiger partial charge in [0.25, 0.3) is 0 Å². The molecule has 3 heterocycles. The van der Waals surface area contributed by atoms with Gasteiger partial charge in [0, 0.05) is 5.56 Å². The lowest BCUT2D eigenvalue weighted by molar-refractivity contribution is 0.952.